The molecule has 2 aromatic rings. The summed E-state index contributed by atoms with van der Waals surface area (Å²) in [6.07, 6.45) is 0.644. The van der Waals surface area contributed by atoms with Crippen LogP contribution >= 0.6 is 24.0 Å². The summed E-state index contributed by atoms with van der Waals surface area (Å²) < 4.78 is 10.9. The van der Waals surface area contributed by atoms with E-state index < -0.39 is 5.91 Å². The Morgan fingerprint density at radius 1 is 1.06 bits per heavy atom. The summed E-state index contributed by atoms with van der Waals surface area (Å²) in [4.78, 5) is 42.7. The number of nitrogens with zero attached hydrogens (tertiary/aromatic N) is 2. The minimum Gasteiger partial charge on any atom is -0.497 e. The van der Waals surface area contributed by atoms with Crippen molar-refractivity contribution in [3.63, 3.8) is 0 Å². The number of ether oxygens (including phenoxy) is 2. The monoisotopic (exact) mass is 511 g/mol. The van der Waals surface area contributed by atoms with Crippen LogP contribution in [0.25, 0.3) is 5.57 Å². The second-order valence-corrected chi connectivity index (χ2v) is 9.41. The number of hydrogen-bond donors (Lipinski definition) is 1. The van der Waals surface area contributed by atoms with Crippen LogP contribution in [0.5, 0.6) is 5.75 Å². The van der Waals surface area contributed by atoms with E-state index in [1.807, 2.05) is 6.92 Å². The number of methoxy groups -OCH3 is 1. The van der Waals surface area contributed by atoms with Crippen molar-refractivity contribution in [2.75, 3.05) is 43.6 Å². The van der Waals surface area contributed by atoms with E-state index in [-0.39, 0.29) is 23.9 Å². The van der Waals surface area contributed by atoms with E-state index in [9.17, 15) is 14.4 Å². The number of anilines is 2. The molecule has 0 aromatic heterocycles. The van der Waals surface area contributed by atoms with Gasteiger partial charge in [0.2, 0.25) is 5.91 Å². The Balaban J connectivity index is 1.55. The van der Waals surface area contributed by atoms with Gasteiger partial charge in [0.05, 0.1) is 23.3 Å². The Bertz CT molecular complexity index is 1200. The van der Waals surface area contributed by atoms with E-state index in [0.717, 1.165) is 11.8 Å². The predicted molar refractivity (Wildman–Crippen MR) is 140 cm³/mol. The zero-order chi connectivity index (χ0) is 24.9. The first-order chi connectivity index (χ1) is 16.9. The number of carbonyl (C=O) groups is 3. The number of fused-ring (bicyclic) bond motifs is 1. The molecule has 4 rings (SSSR count). The van der Waals surface area contributed by atoms with E-state index in [2.05, 4.69) is 5.32 Å². The van der Waals surface area contributed by atoms with Crippen LogP contribution in [0, 0.1) is 0 Å². The molecule has 1 N–H and O–H groups in total. The fourth-order valence-corrected chi connectivity index (χ4v) is 5.27. The van der Waals surface area contributed by atoms with Gasteiger partial charge in [-0.1, -0.05) is 42.2 Å². The second kappa shape index (κ2) is 11.0. The molecule has 0 bridgehead atoms. The van der Waals surface area contributed by atoms with Crippen LogP contribution in [0.15, 0.2) is 53.4 Å². The Kier molecular flexibility index (Phi) is 7.84. The van der Waals surface area contributed by atoms with E-state index in [0.29, 0.717) is 58.1 Å². The molecular formula is C25H25N3O5S2. The van der Waals surface area contributed by atoms with Crippen LogP contribution < -0.4 is 15.0 Å². The van der Waals surface area contributed by atoms with Crippen LogP contribution in [0.3, 0.4) is 0 Å². The molecule has 0 radical (unpaired) electrons. The van der Waals surface area contributed by atoms with Crippen molar-refractivity contribution in [1.82, 2.24) is 4.90 Å². The van der Waals surface area contributed by atoms with Gasteiger partial charge in [-0.2, -0.15) is 0 Å². The maximum atomic E-state index is 13.5. The number of thioether (sulfide) groups is 1. The third kappa shape index (κ3) is 5.24. The molecule has 2 aromatic carbocycles. The highest BCUT2D eigenvalue weighted by Crippen LogP contribution is 2.44. The van der Waals surface area contributed by atoms with Crippen molar-refractivity contribution < 1.29 is 23.9 Å². The molecule has 1 fully saturated rings. The summed E-state index contributed by atoms with van der Waals surface area (Å²) in [5, 5.41) is 2.79. The SMILES string of the molecule is CCOCCCN1C(=O)C(=C2C(=O)N(CC(=O)Nc3ccc(OC)cc3)c3ccccc32)SC1=S. The van der Waals surface area contributed by atoms with Crippen molar-refractivity contribution in [3.8, 4) is 5.75 Å². The van der Waals surface area contributed by atoms with Gasteiger partial charge in [-0.15, -0.1) is 0 Å². The Hall–Kier alpha value is -3.21. The summed E-state index contributed by atoms with van der Waals surface area (Å²) in [5.74, 6) is -0.375. The predicted octanol–water partition coefficient (Wildman–Crippen LogP) is 3.68. The quantitative estimate of drug-likeness (QED) is 0.312. The lowest BCUT2D eigenvalue weighted by molar-refractivity contribution is -0.122. The Morgan fingerprint density at radius 2 is 1.80 bits per heavy atom. The minimum absolute atomic E-state index is 0.194. The van der Waals surface area contributed by atoms with Crippen molar-refractivity contribution >= 4 is 63.0 Å². The Morgan fingerprint density at radius 3 is 2.51 bits per heavy atom. The molecule has 2 aliphatic heterocycles. The molecule has 0 unspecified atom stereocenters. The fraction of sp³-hybridized carbons (Fsp3) is 0.280. The fourth-order valence-electron chi connectivity index (χ4n) is 3.89. The van der Waals surface area contributed by atoms with Gasteiger partial charge in [0.15, 0.2) is 0 Å². The number of carbonyl (C=O) groups excluding carboxylic acids is 3. The van der Waals surface area contributed by atoms with Crippen molar-refractivity contribution in [2.45, 2.75) is 13.3 Å². The average molecular weight is 512 g/mol. The summed E-state index contributed by atoms with van der Waals surface area (Å²) in [6.45, 7) is 3.27. The summed E-state index contributed by atoms with van der Waals surface area (Å²) in [6, 6.07) is 14.1. The molecule has 0 atom stereocenters. The highest BCUT2D eigenvalue weighted by molar-refractivity contribution is 8.26. The first-order valence-corrected chi connectivity index (χ1v) is 12.4. The molecule has 35 heavy (non-hydrogen) atoms. The number of hydrogen-bond acceptors (Lipinski definition) is 7. The topological polar surface area (TPSA) is 88.2 Å². The van der Waals surface area contributed by atoms with E-state index in [4.69, 9.17) is 21.7 Å². The van der Waals surface area contributed by atoms with Crippen molar-refractivity contribution in [1.29, 1.82) is 0 Å². The highest BCUT2D eigenvalue weighted by Gasteiger charge is 2.42. The number of rotatable bonds is 9. The van der Waals surface area contributed by atoms with Gasteiger partial charge >= 0.3 is 0 Å². The van der Waals surface area contributed by atoms with Crippen LogP contribution in [0.2, 0.25) is 0 Å². The standard InChI is InChI=1S/C25H25N3O5S2/c1-3-33-14-6-13-27-24(31)22(35-25(27)34)21-18-7-4-5-8-19(18)28(23(21)30)15-20(29)26-16-9-11-17(32-2)12-10-16/h4-5,7-12H,3,6,13-15H2,1-2H3,(H,26,29). The molecule has 2 heterocycles. The number of benzene rings is 2. The number of para-hydroxylation sites is 1. The molecule has 0 saturated carbocycles. The Labute approximate surface area is 213 Å². The third-order valence-electron chi connectivity index (χ3n) is 5.55. The van der Waals surface area contributed by atoms with Gasteiger partial charge < -0.3 is 14.8 Å². The lowest BCUT2D eigenvalue weighted by atomic mass is 10.1. The minimum atomic E-state index is -0.397. The van der Waals surface area contributed by atoms with Gasteiger partial charge in [0.1, 0.15) is 16.6 Å². The van der Waals surface area contributed by atoms with Gasteiger partial charge in [0.25, 0.3) is 11.8 Å². The molecule has 0 aliphatic carbocycles. The van der Waals surface area contributed by atoms with Crippen LogP contribution in [0.1, 0.15) is 18.9 Å². The molecule has 182 valence electrons. The van der Waals surface area contributed by atoms with Crippen molar-refractivity contribution in [2.24, 2.45) is 0 Å². The van der Waals surface area contributed by atoms with Gasteiger partial charge in [-0.3, -0.25) is 24.2 Å². The van der Waals surface area contributed by atoms with E-state index in [1.54, 1.807) is 55.6 Å². The summed E-state index contributed by atoms with van der Waals surface area (Å²) in [7, 11) is 1.57. The molecule has 2 aliphatic rings. The zero-order valence-electron chi connectivity index (χ0n) is 19.4. The van der Waals surface area contributed by atoms with Crippen molar-refractivity contribution in [3.05, 3.63) is 59.0 Å². The zero-order valence-corrected chi connectivity index (χ0v) is 21.0. The molecule has 10 heteroatoms. The maximum absolute atomic E-state index is 13.5. The van der Waals surface area contributed by atoms with E-state index >= 15 is 0 Å². The first-order valence-electron chi connectivity index (χ1n) is 11.2. The highest BCUT2D eigenvalue weighted by atomic mass is 32.2. The summed E-state index contributed by atoms with van der Waals surface area (Å²) >= 11 is 6.55. The molecule has 1 saturated heterocycles. The lowest BCUT2D eigenvalue weighted by Crippen LogP contribution is -2.35. The van der Waals surface area contributed by atoms with Crippen LogP contribution in [-0.2, 0) is 19.1 Å². The second-order valence-electron chi connectivity index (χ2n) is 7.76. The molecule has 8 nitrogen and oxygen atoms in total. The van der Waals surface area contributed by atoms with Gasteiger partial charge in [0, 0.05) is 31.0 Å². The maximum Gasteiger partial charge on any atom is 0.267 e. The largest absolute Gasteiger partial charge is 0.497 e. The van der Waals surface area contributed by atoms with Crippen LogP contribution in [0.4, 0.5) is 11.4 Å². The van der Waals surface area contributed by atoms with Crippen LogP contribution in [-0.4, -0.2) is 60.4 Å². The summed E-state index contributed by atoms with van der Waals surface area (Å²) in [5.41, 5.74) is 2.06. The molecular weight excluding hydrogens is 486 g/mol. The first kappa shape index (κ1) is 24.9. The molecule has 3 amide bonds. The van der Waals surface area contributed by atoms with Gasteiger partial charge in [-0.05, 0) is 43.7 Å². The third-order valence-corrected chi connectivity index (χ3v) is 7.00. The smallest absolute Gasteiger partial charge is 0.267 e. The normalized spacial score (nSPS) is 17.3. The average Bonchev–Trinajstić information content (AvgIpc) is 3.29. The van der Waals surface area contributed by atoms with E-state index in [1.165, 1.54) is 9.80 Å². The van der Waals surface area contributed by atoms with Gasteiger partial charge in [-0.25, -0.2) is 0 Å². The lowest BCUT2D eigenvalue weighted by Gasteiger charge is -2.17. The number of amides is 3. The number of nitrogens with one attached hydrogen (secondary N) is 1. The molecule has 0 spiro atoms. The number of thiocarbonyl (C=S) groups is 1.